The van der Waals surface area contributed by atoms with Gasteiger partial charge in [-0.15, -0.1) is 0 Å². The molecule has 0 bridgehead atoms. The van der Waals surface area contributed by atoms with Crippen LogP contribution in [0, 0.1) is 0 Å². The lowest BCUT2D eigenvalue weighted by molar-refractivity contribution is 0.615. The summed E-state index contributed by atoms with van der Waals surface area (Å²) in [6.45, 7) is 0. The number of pyridine rings is 1. The van der Waals surface area contributed by atoms with E-state index in [1.165, 1.54) is 0 Å². The van der Waals surface area contributed by atoms with Gasteiger partial charge in [0.15, 0.2) is 0 Å². The molecule has 0 aliphatic rings. The number of rotatable bonds is 1. The molecule has 1 heterocycles. The molecule has 0 fully saturated rings. The molecule has 1 aromatic heterocycles. The molecular weight excluding hydrogens is 101 g/mol. The summed E-state index contributed by atoms with van der Waals surface area (Å²) in [5.41, 5.74) is 0. The monoisotopic (exact) mass is 107 g/mol. The molecule has 0 amide bonds. The Morgan fingerprint density at radius 3 is 2.38 bits per heavy atom. The third kappa shape index (κ3) is 0.995. The quantitative estimate of drug-likeness (QED) is 0.471. The molecule has 8 heavy (non-hydrogen) atoms. The van der Waals surface area contributed by atoms with E-state index in [1.54, 1.807) is 32.6 Å². The van der Waals surface area contributed by atoms with Crippen LogP contribution in [-0.4, -0.2) is 13.0 Å². The van der Waals surface area contributed by atoms with Crippen LogP contribution in [0.15, 0.2) is 24.5 Å². The van der Waals surface area contributed by atoms with E-state index in [0.717, 1.165) is 5.75 Å². The van der Waals surface area contributed by atoms with Gasteiger partial charge in [-0.05, 0) is 12.1 Å². The van der Waals surface area contributed by atoms with Crippen molar-refractivity contribution >= 4 is 8.05 Å². The number of aromatic nitrogens is 1. The summed E-state index contributed by atoms with van der Waals surface area (Å²) < 4.78 is 4.87. The normalized spacial score (nSPS) is 8.50. The minimum absolute atomic E-state index is 0.847. The maximum absolute atomic E-state index is 4.87. The average molecular weight is 107 g/mol. The van der Waals surface area contributed by atoms with Crippen molar-refractivity contribution in [1.82, 2.24) is 4.98 Å². The second-order valence-corrected chi connectivity index (χ2v) is 1.39. The topological polar surface area (TPSA) is 22.1 Å². The van der Waals surface area contributed by atoms with Gasteiger partial charge in [0.2, 0.25) is 0 Å². The zero-order valence-electron chi connectivity index (χ0n) is 4.66. The van der Waals surface area contributed by atoms with Gasteiger partial charge in [0.1, 0.15) is 5.75 Å². The van der Waals surface area contributed by atoms with Gasteiger partial charge in [0.25, 0.3) is 0 Å². The van der Waals surface area contributed by atoms with E-state index in [0.29, 0.717) is 0 Å². The summed E-state index contributed by atoms with van der Waals surface area (Å²) >= 11 is 0. The van der Waals surface area contributed by atoms with Crippen molar-refractivity contribution in [2.75, 3.05) is 0 Å². The van der Waals surface area contributed by atoms with Crippen LogP contribution in [0.25, 0.3) is 0 Å². The first kappa shape index (κ1) is 5.16. The number of nitrogens with zero attached hydrogens (tertiary/aromatic N) is 1. The summed E-state index contributed by atoms with van der Waals surface area (Å²) in [6.07, 6.45) is 3.39. The SMILES string of the molecule is BOc1ccncc1. The van der Waals surface area contributed by atoms with Crippen molar-refractivity contribution in [3.63, 3.8) is 0 Å². The third-order valence-corrected chi connectivity index (χ3v) is 0.885. The van der Waals surface area contributed by atoms with Crippen molar-refractivity contribution in [3.05, 3.63) is 24.5 Å². The highest BCUT2D eigenvalue weighted by atomic mass is 16.4. The standard InChI is InChI=1S/C5H6BNO/c6-8-5-1-3-7-4-2-5/h1-4H,6H2. The smallest absolute Gasteiger partial charge is 0.322 e. The first-order valence-corrected chi connectivity index (χ1v) is 2.37. The van der Waals surface area contributed by atoms with Crippen molar-refractivity contribution < 1.29 is 4.65 Å². The second kappa shape index (κ2) is 2.35. The minimum Gasteiger partial charge on any atom is -0.568 e. The summed E-state index contributed by atoms with van der Waals surface area (Å²) in [4.78, 5) is 3.81. The van der Waals surface area contributed by atoms with Gasteiger partial charge in [-0.1, -0.05) is 0 Å². The van der Waals surface area contributed by atoms with E-state index in [4.69, 9.17) is 4.65 Å². The molecule has 40 valence electrons. The summed E-state index contributed by atoms with van der Waals surface area (Å²) in [5.74, 6) is 0.847. The molecule has 1 aromatic rings. The third-order valence-electron chi connectivity index (χ3n) is 0.885. The largest absolute Gasteiger partial charge is 0.568 e. The number of hydrogen-bond donors (Lipinski definition) is 0. The molecule has 0 aliphatic heterocycles. The van der Waals surface area contributed by atoms with Crippen molar-refractivity contribution in [2.24, 2.45) is 0 Å². The zero-order valence-corrected chi connectivity index (χ0v) is 4.66. The zero-order chi connectivity index (χ0) is 5.82. The van der Waals surface area contributed by atoms with E-state index >= 15 is 0 Å². The van der Waals surface area contributed by atoms with E-state index < -0.39 is 0 Å². The summed E-state index contributed by atoms with van der Waals surface area (Å²) in [5, 5.41) is 0. The molecule has 0 aliphatic carbocycles. The Bertz CT molecular complexity index is 154. The van der Waals surface area contributed by atoms with Crippen LogP contribution in [0.2, 0.25) is 0 Å². The molecule has 0 radical (unpaired) electrons. The van der Waals surface area contributed by atoms with Gasteiger partial charge >= 0.3 is 8.05 Å². The molecule has 0 saturated carbocycles. The first-order valence-electron chi connectivity index (χ1n) is 2.37. The molecule has 0 unspecified atom stereocenters. The predicted molar refractivity (Wildman–Crippen MR) is 33.4 cm³/mol. The number of hydrogen-bond acceptors (Lipinski definition) is 2. The fourth-order valence-electron chi connectivity index (χ4n) is 0.474. The molecule has 3 heteroatoms. The van der Waals surface area contributed by atoms with Gasteiger partial charge in [-0.3, -0.25) is 4.98 Å². The molecule has 0 aromatic carbocycles. The second-order valence-electron chi connectivity index (χ2n) is 1.39. The molecule has 0 spiro atoms. The van der Waals surface area contributed by atoms with Crippen molar-refractivity contribution in [1.29, 1.82) is 0 Å². The predicted octanol–water partition coefficient (Wildman–Crippen LogP) is 0.00850. The Morgan fingerprint density at radius 1 is 1.38 bits per heavy atom. The molecule has 0 N–H and O–H groups in total. The van der Waals surface area contributed by atoms with Gasteiger partial charge in [-0.25, -0.2) is 0 Å². The van der Waals surface area contributed by atoms with E-state index in [-0.39, 0.29) is 0 Å². The van der Waals surface area contributed by atoms with E-state index in [2.05, 4.69) is 4.98 Å². The van der Waals surface area contributed by atoms with Crippen LogP contribution in [0.1, 0.15) is 0 Å². The fourth-order valence-corrected chi connectivity index (χ4v) is 0.474. The Kier molecular flexibility index (Phi) is 1.52. The molecule has 0 saturated heterocycles. The fraction of sp³-hybridized carbons (Fsp3) is 0. The van der Waals surface area contributed by atoms with Crippen molar-refractivity contribution in [2.45, 2.75) is 0 Å². The molecule has 1 rings (SSSR count). The van der Waals surface area contributed by atoms with Gasteiger partial charge in [0, 0.05) is 12.4 Å². The first-order chi connectivity index (χ1) is 3.93. The molecule has 0 atom stereocenters. The van der Waals surface area contributed by atoms with E-state index in [1.807, 2.05) is 0 Å². The Balaban J connectivity index is 2.83. The van der Waals surface area contributed by atoms with Gasteiger partial charge in [-0.2, -0.15) is 0 Å². The lowest BCUT2D eigenvalue weighted by Crippen LogP contribution is -1.82. The van der Waals surface area contributed by atoms with Crippen LogP contribution in [-0.2, 0) is 0 Å². The van der Waals surface area contributed by atoms with E-state index in [9.17, 15) is 0 Å². The van der Waals surface area contributed by atoms with Gasteiger partial charge < -0.3 is 4.65 Å². The average Bonchev–Trinajstić information content (AvgIpc) is 1.90. The highest BCUT2D eigenvalue weighted by molar-refractivity contribution is 5.99. The van der Waals surface area contributed by atoms with Crippen molar-refractivity contribution in [3.8, 4) is 5.75 Å². The summed E-state index contributed by atoms with van der Waals surface area (Å²) in [6, 6.07) is 3.61. The van der Waals surface area contributed by atoms with Gasteiger partial charge in [0.05, 0.1) is 0 Å². The van der Waals surface area contributed by atoms with Crippen LogP contribution >= 0.6 is 0 Å². The van der Waals surface area contributed by atoms with Crippen LogP contribution in [0.5, 0.6) is 5.75 Å². The highest BCUT2D eigenvalue weighted by Crippen LogP contribution is 2.03. The Labute approximate surface area is 49.0 Å². The molecule has 2 nitrogen and oxygen atoms in total. The lowest BCUT2D eigenvalue weighted by atomic mass is 10.4. The maximum atomic E-state index is 4.87. The van der Waals surface area contributed by atoms with Crippen LogP contribution in [0.4, 0.5) is 0 Å². The summed E-state index contributed by atoms with van der Waals surface area (Å²) in [7, 11) is 1.63. The maximum Gasteiger partial charge on any atom is 0.322 e. The Morgan fingerprint density at radius 2 is 2.00 bits per heavy atom. The highest BCUT2D eigenvalue weighted by Gasteiger charge is 1.80. The molecular formula is C5H6BNO. The Hall–Kier alpha value is -0.985. The van der Waals surface area contributed by atoms with Crippen LogP contribution < -0.4 is 4.65 Å². The lowest BCUT2D eigenvalue weighted by Gasteiger charge is -1.94. The van der Waals surface area contributed by atoms with Crippen LogP contribution in [0.3, 0.4) is 0 Å². The minimum atomic E-state index is 0.847.